The second kappa shape index (κ2) is 8.52. The molecule has 0 bridgehead atoms. The zero-order valence-electron chi connectivity index (χ0n) is 16.5. The number of hydrogen-bond donors (Lipinski definition) is 3. The Hall–Kier alpha value is -2.41. The predicted molar refractivity (Wildman–Crippen MR) is 105 cm³/mol. The Morgan fingerprint density at radius 3 is 2.52 bits per heavy atom. The predicted octanol–water partition coefficient (Wildman–Crippen LogP) is 2.22. The van der Waals surface area contributed by atoms with Crippen molar-refractivity contribution in [2.75, 3.05) is 0 Å². The number of carbonyl (C=O) groups excluding carboxylic acids is 2. The van der Waals surface area contributed by atoms with E-state index in [9.17, 15) is 14.7 Å². The van der Waals surface area contributed by atoms with Gasteiger partial charge in [-0.25, -0.2) is 0 Å². The van der Waals surface area contributed by atoms with Crippen LogP contribution in [0.3, 0.4) is 0 Å². The highest BCUT2D eigenvalue weighted by atomic mass is 16.3. The first-order valence-corrected chi connectivity index (χ1v) is 9.35. The van der Waals surface area contributed by atoms with Gasteiger partial charge in [0.05, 0.1) is 11.6 Å². The quantitative estimate of drug-likeness (QED) is 0.615. The van der Waals surface area contributed by atoms with Crippen LogP contribution in [0, 0.1) is 5.41 Å². The van der Waals surface area contributed by atoms with Gasteiger partial charge in [0.2, 0.25) is 5.91 Å². The summed E-state index contributed by atoms with van der Waals surface area (Å²) in [4.78, 5) is 24.6. The molecule has 2 amide bonds. The van der Waals surface area contributed by atoms with Gasteiger partial charge in [-0.1, -0.05) is 39.0 Å². The average molecular weight is 374 g/mol. The third-order valence-corrected chi connectivity index (χ3v) is 4.54. The lowest BCUT2D eigenvalue weighted by molar-refractivity contribution is -0.122. The molecule has 0 aliphatic rings. The molecule has 0 saturated carbocycles. The Morgan fingerprint density at radius 2 is 1.93 bits per heavy atom. The van der Waals surface area contributed by atoms with Crippen molar-refractivity contribution in [2.45, 2.75) is 65.6 Å². The molecule has 0 radical (unpaired) electrons. The Labute approximate surface area is 159 Å². The summed E-state index contributed by atoms with van der Waals surface area (Å²) >= 11 is 0. The van der Waals surface area contributed by atoms with Crippen molar-refractivity contribution < 1.29 is 14.7 Å². The molecule has 0 saturated heterocycles. The molecule has 1 heterocycles. The number of aryl methyl sites for hydroxylation is 1. The van der Waals surface area contributed by atoms with Gasteiger partial charge in [-0.3, -0.25) is 14.3 Å². The number of aliphatic hydroxyl groups excluding tert-OH is 1. The van der Waals surface area contributed by atoms with E-state index in [1.54, 1.807) is 6.92 Å². The summed E-state index contributed by atoms with van der Waals surface area (Å²) in [5.74, 6) is -0.981. The molecular weight excluding hydrogens is 344 g/mol. The number of para-hydroxylation sites is 1. The lowest BCUT2D eigenvalue weighted by Crippen LogP contribution is -2.52. The van der Waals surface area contributed by atoms with Crippen LogP contribution in [0.4, 0.5) is 0 Å². The number of hydrogen-bond acceptors (Lipinski definition) is 4. The van der Waals surface area contributed by atoms with E-state index in [1.165, 1.54) is 0 Å². The van der Waals surface area contributed by atoms with Crippen LogP contribution in [0.25, 0.3) is 10.9 Å². The maximum atomic E-state index is 12.8. The van der Waals surface area contributed by atoms with Gasteiger partial charge in [-0.15, -0.1) is 0 Å². The number of benzene rings is 1. The summed E-state index contributed by atoms with van der Waals surface area (Å²) in [5, 5.41) is 17.3. The highest BCUT2D eigenvalue weighted by Crippen LogP contribution is 2.22. The third kappa shape index (κ3) is 5.29. The van der Waals surface area contributed by atoms with Gasteiger partial charge in [0.25, 0.3) is 5.91 Å². The number of primary amides is 1. The largest absolute Gasteiger partial charge is 0.393 e. The summed E-state index contributed by atoms with van der Waals surface area (Å²) < 4.78 is 1.81. The third-order valence-electron chi connectivity index (χ3n) is 4.54. The van der Waals surface area contributed by atoms with Gasteiger partial charge in [0.15, 0.2) is 5.69 Å². The summed E-state index contributed by atoms with van der Waals surface area (Å²) in [7, 11) is 0. The normalized spacial score (nSPS) is 14.1. The van der Waals surface area contributed by atoms with Crippen LogP contribution in [-0.2, 0) is 11.3 Å². The number of amides is 2. The molecule has 7 heteroatoms. The minimum atomic E-state index is -0.792. The fraction of sp³-hybridized carbons (Fsp3) is 0.550. The smallest absolute Gasteiger partial charge is 0.273 e. The Morgan fingerprint density at radius 1 is 1.26 bits per heavy atom. The lowest BCUT2D eigenvalue weighted by atomic mass is 9.86. The molecule has 4 N–H and O–H groups in total. The van der Waals surface area contributed by atoms with Crippen molar-refractivity contribution in [2.24, 2.45) is 11.1 Å². The minimum absolute atomic E-state index is 0.289. The number of aromatic nitrogens is 2. The number of unbranched alkanes of at least 4 members (excludes halogenated alkanes) is 1. The second-order valence-electron chi connectivity index (χ2n) is 8.11. The van der Waals surface area contributed by atoms with Crippen LogP contribution in [0.5, 0.6) is 0 Å². The zero-order chi connectivity index (χ0) is 20.2. The van der Waals surface area contributed by atoms with Crippen LogP contribution < -0.4 is 11.1 Å². The standard InChI is InChI=1S/C20H30N4O3/c1-13(25)9-7-8-12-24-15-11-6-5-10-14(15)16(23-24)19(27)22-17(18(21)26)20(2,3)4/h5-6,10-11,13,17,25H,7-9,12H2,1-4H3,(H2,21,26)(H,22,27). The van der Waals surface area contributed by atoms with E-state index in [-0.39, 0.29) is 11.8 Å². The van der Waals surface area contributed by atoms with Crippen molar-refractivity contribution in [1.82, 2.24) is 15.1 Å². The molecule has 2 rings (SSSR count). The van der Waals surface area contributed by atoms with Crippen molar-refractivity contribution in [3.05, 3.63) is 30.0 Å². The molecule has 0 aliphatic heterocycles. The highest BCUT2D eigenvalue weighted by Gasteiger charge is 2.32. The van der Waals surface area contributed by atoms with Crippen molar-refractivity contribution in [1.29, 1.82) is 0 Å². The number of nitrogens with two attached hydrogens (primary N) is 1. The molecule has 7 nitrogen and oxygen atoms in total. The maximum Gasteiger partial charge on any atom is 0.273 e. The SMILES string of the molecule is CC(O)CCCCn1nc(C(=O)NC(C(N)=O)C(C)(C)C)c2ccccc21. The monoisotopic (exact) mass is 374 g/mol. The van der Waals surface area contributed by atoms with Gasteiger partial charge in [0.1, 0.15) is 6.04 Å². The fourth-order valence-electron chi connectivity index (χ4n) is 3.08. The lowest BCUT2D eigenvalue weighted by Gasteiger charge is -2.28. The first kappa shape index (κ1) is 20.9. The van der Waals surface area contributed by atoms with Gasteiger partial charge in [-0.05, 0) is 37.7 Å². The number of rotatable bonds is 8. The summed E-state index contributed by atoms with van der Waals surface area (Å²) in [6.45, 7) is 7.97. The van der Waals surface area contributed by atoms with Crippen molar-refractivity contribution in [3.63, 3.8) is 0 Å². The number of nitrogens with one attached hydrogen (secondary N) is 1. The molecule has 1 aromatic carbocycles. The zero-order valence-corrected chi connectivity index (χ0v) is 16.5. The van der Waals surface area contributed by atoms with Gasteiger partial charge in [-0.2, -0.15) is 5.10 Å². The number of aliphatic hydroxyl groups is 1. The topological polar surface area (TPSA) is 110 Å². The molecule has 27 heavy (non-hydrogen) atoms. The Kier molecular flexibility index (Phi) is 6.59. The van der Waals surface area contributed by atoms with E-state index in [1.807, 2.05) is 49.7 Å². The highest BCUT2D eigenvalue weighted by molar-refractivity contribution is 6.06. The van der Waals surface area contributed by atoms with E-state index in [0.717, 1.165) is 30.2 Å². The van der Waals surface area contributed by atoms with E-state index in [4.69, 9.17) is 5.73 Å². The van der Waals surface area contributed by atoms with Crippen LogP contribution in [-0.4, -0.2) is 38.8 Å². The van der Waals surface area contributed by atoms with Crippen LogP contribution in [0.1, 0.15) is 57.4 Å². The number of carbonyl (C=O) groups is 2. The molecule has 2 unspecified atom stereocenters. The Bertz CT molecular complexity index is 805. The molecule has 1 aromatic heterocycles. The molecule has 2 atom stereocenters. The first-order valence-electron chi connectivity index (χ1n) is 9.35. The molecule has 0 aliphatic carbocycles. The molecule has 0 spiro atoms. The number of fused-ring (bicyclic) bond motifs is 1. The van der Waals surface area contributed by atoms with Gasteiger partial charge in [0, 0.05) is 11.9 Å². The maximum absolute atomic E-state index is 12.8. The molecule has 148 valence electrons. The molecule has 2 aromatic rings. The van der Waals surface area contributed by atoms with Crippen molar-refractivity contribution in [3.8, 4) is 0 Å². The minimum Gasteiger partial charge on any atom is -0.393 e. The second-order valence-corrected chi connectivity index (χ2v) is 8.11. The summed E-state index contributed by atoms with van der Waals surface area (Å²) in [6, 6.07) is 6.73. The average Bonchev–Trinajstić information content (AvgIpc) is 2.94. The van der Waals surface area contributed by atoms with Crippen LogP contribution >= 0.6 is 0 Å². The molecule has 0 fully saturated rings. The fourth-order valence-corrected chi connectivity index (χ4v) is 3.08. The van der Waals surface area contributed by atoms with E-state index in [2.05, 4.69) is 10.4 Å². The van der Waals surface area contributed by atoms with Crippen LogP contribution in [0.2, 0.25) is 0 Å². The first-order chi connectivity index (χ1) is 12.6. The van der Waals surface area contributed by atoms with Crippen molar-refractivity contribution >= 4 is 22.7 Å². The van der Waals surface area contributed by atoms with E-state index >= 15 is 0 Å². The van der Waals surface area contributed by atoms with E-state index in [0.29, 0.717) is 6.54 Å². The van der Waals surface area contributed by atoms with E-state index < -0.39 is 23.3 Å². The van der Waals surface area contributed by atoms with Gasteiger partial charge < -0.3 is 16.2 Å². The van der Waals surface area contributed by atoms with Crippen LogP contribution in [0.15, 0.2) is 24.3 Å². The summed E-state index contributed by atoms with van der Waals surface area (Å²) in [5.41, 5.74) is 6.13. The molecular formula is C20H30N4O3. The summed E-state index contributed by atoms with van der Waals surface area (Å²) in [6.07, 6.45) is 2.15. The Balaban J connectivity index is 2.25. The number of nitrogens with zero attached hydrogens (tertiary/aromatic N) is 2. The van der Waals surface area contributed by atoms with Gasteiger partial charge >= 0.3 is 0 Å².